The van der Waals surface area contributed by atoms with Gasteiger partial charge in [0, 0.05) is 30.8 Å². The number of benzene rings is 2. The lowest BCUT2D eigenvalue weighted by Crippen LogP contribution is -2.56. The number of para-hydroxylation sites is 1. The second-order valence-corrected chi connectivity index (χ2v) is 8.34. The van der Waals surface area contributed by atoms with Crippen molar-refractivity contribution in [1.29, 1.82) is 0 Å². The van der Waals surface area contributed by atoms with Gasteiger partial charge in [-0.1, -0.05) is 48.5 Å². The molecule has 0 bridgehead atoms. The van der Waals surface area contributed by atoms with Gasteiger partial charge < -0.3 is 9.73 Å². The summed E-state index contributed by atoms with van der Waals surface area (Å²) in [5.74, 6) is 1.53. The molecule has 2 atom stereocenters. The van der Waals surface area contributed by atoms with Crippen LogP contribution >= 0.6 is 0 Å². The molecule has 0 unspecified atom stereocenters. The van der Waals surface area contributed by atoms with Crippen LogP contribution in [0.25, 0.3) is 11.0 Å². The van der Waals surface area contributed by atoms with Crippen molar-refractivity contribution in [3.05, 3.63) is 71.5 Å². The zero-order valence-electron chi connectivity index (χ0n) is 16.3. The van der Waals surface area contributed by atoms with Crippen molar-refractivity contribution in [2.24, 2.45) is 0 Å². The molecule has 0 radical (unpaired) electrons. The Kier molecular flexibility index (Phi) is 4.24. The fourth-order valence-corrected chi connectivity index (χ4v) is 5.16. The molecule has 144 valence electrons. The minimum absolute atomic E-state index is 0.170. The molecule has 1 amide bonds. The molecule has 0 aliphatic carbocycles. The third kappa shape index (κ3) is 2.92. The summed E-state index contributed by atoms with van der Waals surface area (Å²) in [6, 6.07) is 18.9. The van der Waals surface area contributed by atoms with Gasteiger partial charge >= 0.3 is 0 Å². The number of furan rings is 1. The number of likely N-dealkylation sites (tertiary alicyclic amines) is 1. The number of amides is 1. The van der Waals surface area contributed by atoms with Gasteiger partial charge in [0.05, 0.1) is 12.1 Å². The Hall–Kier alpha value is -2.59. The van der Waals surface area contributed by atoms with Crippen molar-refractivity contribution in [2.75, 3.05) is 13.1 Å². The number of hydrogen-bond acceptors (Lipinski definition) is 3. The SMILES string of the molecule is Cc1c(CN2C[C@@H](c3ccccc3)[C@@]3(CCCC(=O)N3)C2)oc2ccccc12. The molecule has 2 aliphatic heterocycles. The van der Waals surface area contributed by atoms with Crippen LogP contribution in [-0.2, 0) is 11.3 Å². The normalized spacial score (nSPS) is 25.5. The minimum Gasteiger partial charge on any atom is -0.459 e. The quantitative estimate of drug-likeness (QED) is 0.740. The highest BCUT2D eigenvalue weighted by atomic mass is 16.3. The van der Waals surface area contributed by atoms with E-state index in [2.05, 4.69) is 59.6 Å². The molecule has 2 saturated heterocycles. The molecule has 2 aromatic carbocycles. The molecular weight excluding hydrogens is 348 g/mol. The molecule has 4 nitrogen and oxygen atoms in total. The van der Waals surface area contributed by atoms with Gasteiger partial charge in [0.25, 0.3) is 0 Å². The number of piperidine rings is 1. The van der Waals surface area contributed by atoms with Crippen molar-refractivity contribution in [2.45, 2.75) is 44.2 Å². The van der Waals surface area contributed by atoms with Crippen molar-refractivity contribution in [3.63, 3.8) is 0 Å². The van der Waals surface area contributed by atoms with Gasteiger partial charge in [-0.05, 0) is 37.0 Å². The number of rotatable bonds is 3. The summed E-state index contributed by atoms with van der Waals surface area (Å²) in [5, 5.41) is 4.58. The zero-order chi connectivity index (χ0) is 19.1. The van der Waals surface area contributed by atoms with E-state index in [-0.39, 0.29) is 11.4 Å². The Morgan fingerprint density at radius 3 is 2.71 bits per heavy atom. The topological polar surface area (TPSA) is 45.5 Å². The van der Waals surface area contributed by atoms with Crippen LogP contribution in [0.4, 0.5) is 0 Å². The van der Waals surface area contributed by atoms with Crippen LogP contribution < -0.4 is 5.32 Å². The zero-order valence-corrected chi connectivity index (χ0v) is 16.3. The van der Waals surface area contributed by atoms with Gasteiger partial charge in [0.2, 0.25) is 5.91 Å². The fourth-order valence-electron chi connectivity index (χ4n) is 5.16. The van der Waals surface area contributed by atoms with E-state index in [1.165, 1.54) is 16.5 Å². The maximum atomic E-state index is 12.3. The molecule has 3 aromatic rings. The first-order valence-corrected chi connectivity index (χ1v) is 10.2. The lowest BCUT2D eigenvalue weighted by atomic mass is 9.76. The van der Waals surface area contributed by atoms with Gasteiger partial charge in [0.15, 0.2) is 0 Å². The molecule has 2 aliphatic rings. The lowest BCUT2D eigenvalue weighted by molar-refractivity contribution is -0.125. The lowest BCUT2D eigenvalue weighted by Gasteiger charge is -2.39. The molecule has 0 saturated carbocycles. The summed E-state index contributed by atoms with van der Waals surface area (Å²) in [7, 11) is 0. The molecule has 1 aromatic heterocycles. The average Bonchev–Trinajstić information content (AvgIpc) is 3.20. The van der Waals surface area contributed by atoms with Crippen molar-refractivity contribution in [1.82, 2.24) is 10.2 Å². The Morgan fingerprint density at radius 2 is 1.93 bits per heavy atom. The Labute approximate surface area is 165 Å². The predicted molar refractivity (Wildman–Crippen MR) is 110 cm³/mol. The highest BCUT2D eigenvalue weighted by Crippen LogP contribution is 2.42. The van der Waals surface area contributed by atoms with Gasteiger partial charge in [-0.25, -0.2) is 0 Å². The summed E-state index contributed by atoms with van der Waals surface area (Å²) in [6.45, 7) is 4.72. The first-order chi connectivity index (χ1) is 13.6. The minimum atomic E-state index is -0.170. The predicted octanol–water partition coefficient (Wildman–Crippen LogP) is 4.38. The third-order valence-corrected chi connectivity index (χ3v) is 6.54. The van der Waals surface area contributed by atoms with E-state index in [4.69, 9.17) is 4.42 Å². The van der Waals surface area contributed by atoms with Crippen LogP contribution in [0.15, 0.2) is 59.0 Å². The van der Waals surface area contributed by atoms with Crippen molar-refractivity contribution in [3.8, 4) is 0 Å². The molecule has 4 heteroatoms. The van der Waals surface area contributed by atoms with E-state index in [1.54, 1.807) is 0 Å². The maximum absolute atomic E-state index is 12.3. The third-order valence-electron chi connectivity index (χ3n) is 6.54. The van der Waals surface area contributed by atoms with Crippen LogP contribution in [0.1, 0.15) is 42.1 Å². The van der Waals surface area contributed by atoms with Gasteiger partial charge in [0.1, 0.15) is 11.3 Å². The number of hydrogen-bond donors (Lipinski definition) is 1. The molecule has 1 N–H and O–H groups in total. The highest BCUT2D eigenvalue weighted by molar-refractivity contribution is 5.81. The second-order valence-electron chi connectivity index (χ2n) is 8.34. The van der Waals surface area contributed by atoms with Crippen LogP contribution in [0.5, 0.6) is 0 Å². The Morgan fingerprint density at radius 1 is 1.14 bits per heavy atom. The summed E-state index contributed by atoms with van der Waals surface area (Å²) in [5.41, 5.74) is 3.32. The van der Waals surface area contributed by atoms with Crippen molar-refractivity contribution >= 4 is 16.9 Å². The molecule has 28 heavy (non-hydrogen) atoms. The first kappa shape index (κ1) is 17.5. The van der Waals surface area contributed by atoms with Crippen LogP contribution in [0, 0.1) is 6.92 Å². The average molecular weight is 374 g/mol. The summed E-state index contributed by atoms with van der Waals surface area (Å²) >= 11 is 0. The van der Waals surface area contributed by atoms with E-state index >= 15 is 0 Å². The van der Waals surface area contributed by atoms with E-state index in [0.29, 0.717) is 12.3 Å². The van der Waals surface area contributed by atoms with Crippen LogP contribution in [-0.4, -0.2) is 29.4 Å². The van der Waals surface area contributed by atoms with Crippen LogP contribution in [0.3, 0.4) is 0 Å². The molecule has 3 heterocycles. The number of nitrogens with zero attached hydrogens (tertiary/aromatic N) is 1. The second kappa shape index (κ2) is 6.78. The number of fused-ring (bicyclic) bond motifs is 1. The Bertz CT molecular complexity index is 1010. The van der Waals surface area contributed by atoms with Crippen molar-refractivity contribution < 1.29 is 9.21 Å². The van der Waals surface area contributed by atoms with E-state index in [1.807, 2.05) is 12.1 Å². The summed E-state index contributed by atoms with van der Waals surface area (Å²) in [4.78, 5) is 14.7. The maximum Gasteiger partial charge on any atom is 0.220 e. The molecule has 1 spiro atoms. The van der Waals surface area contributed by atoms with E-state index in [0.717, 1.165) is 43.8 Å². The first-order valence-electron chi connectivity index (χ1n) is 10.2. The van der Waals surface area contributed by atoms with Gasteiger partial charge in [-0.15, -0.1) is 0 Å². The summed E-state index contributed by atoms with van der Waals surface area (Å²) < 4.78 is 6.17. The number of carbonyl (C=O) groups excluding carboxylic acids is 1. The monoisotopic (exact) mass is 374 g/mol. The molecular formula is C24H26N2O2. The van der Waals surface area contributed by atoms with E-state index in [9.17, 15) is 4.79 Å². The fraction of sp³-hybridized carbons (Fsp3) is 0.375. The number of aryl methyl sites for hydroxylation is 1. The Balaban J connectivity index is 1.46. The standard InChI is InChI=1S/C24H26N2O2/c1-17-19-10-5-6-11-21(19)28-22(17)15-26-14-20(18-8-3-2-4-9-18)24(16-26)13-7-12-23(27)25-24/h2-6,8-11,20H,7,12-16H2,1H3,(H,25,27)/t20-,24+/m0/s1. The smallest absolute Gasteiger partial charge is 0.220 e. The number of nitrogens with one attached hydrogen (secondary N) is 1. The number of carbonyl (C=O) groups is 1. The van der Waals surface area contributed by atoms with E-state index < -0.39 is 0 Å². The molecule has 2 fully saturated rings. The van der Waals surface area contributed by atoms with Gasteiger partial charge in [-0.2, -0.15) is 0 Å². The molecule has 5 rings (SSSR count). The largest absolute Gasteiger partial charge is 0.459 e. The highest BCUT2D eigenvalue weighted by Gasteiger charge is 2.49. The van der Waals surface area contributed by atoms with Crippen LogP contribution in [0.2, 0.25) is 0 Å². The van der Waals surface area contributed by atoms with Gasteiger partial charge in [-0.3, -0.25) is 9.69 Å². The summed E-state index contributed by atoms with van der Waals surface area (Å²) in [6.07, 6.45) is 2.65.